The molecule has 7 nitrogen and oxygen atoms in total. The van der Waals surface area contributed by atoms with E-state index in [1.807, 2.05) is 11.0 Å². The van der Waals surface area contributed by atoms with Crippen LogP contribution in [0.4, 0.5) is 5.95 Å². The van der Waals surface area contributed by atoms with Crippen LogP contribution in [0.5, 0.6) is 0 Å². The van der Waals surface area contributed by atoms with Crippen molar-refractivity contribution in [3.63, 3.8) is 0 Å². The van der Waals surface area contributed by atoms with Gasteiger partial charge >= 0.3 is 0 Å². The van der Waals surface area contributed by atoms with E-state index in [1.54, 1.807) is 12.4 Å². The Morgan fingerprint density at radius 1 is 1.04 bits per heavy atom. The third kappa shape index (κ3) is 4.04. The highest BCUT2D eigenvalue weighted by atomic mass is 35.5. The normalized spacial score (nSPS) is 27.4. The van der Waals surface area contributed by atoms with E-state index in [0.717, 1.165) is 71.0 Å². The van der Waals surface area contributed by atoms with Gasteiger partial charge in [-0.1, -0.05) is 0 Å². The molecule has 4 rings (SSSR count). The monoisotopic (exact) mass is 366 g/mol. The van der Waals surface area contributed by atoms with Crippen LogP contribution in [0.15, 0.2) is 18.5 Å². The molecule has 3 fully saturated rings. The molecule has 1 aromatic rings. The summed E-state index contributed by atoms with van der Waals surface area (Å²) in [6, 6.07) is 2.34. The molecule has 0 saturated carbocycles. The molecule has 0 bridgehead atoms. The predicted octanol–water partition coefficient (Wildman–Crippen LogP) is 0.373. The number of anilines is 1. The van der Waals surface area contributed by atoms with Crippen LogP contribution in [0.1, 0.15) is 19.3 Å². The standard InChI is InChI=1S/C17H26N6O.ClH/c24-16(22-6-1-2-7-22)15-12-14(13-20-15)21-8-10-23(11-9-21)17-18-4-3-5-19-17;/h3-5,14-15,20H,1-2,6-13H2;1H/t14-,15-;/m0./s1. The van der Waals surface area contributed by atoms with Gasteiger partial charge in [0.1, 0.15) is 0 Å². The molecule has 0 radical (unpaired) electrons. The fraction of sp³-hybridized carbons (Fsp3) is 0.706. The summed E-state index contributed by atoms with van der Waals surface area (Å²) in [5.74, 6) is 1.13. The van der Waals surface area contributed by atoms with E-state index in [2.05, 4.69) is 25.1 Å². The number of hydrogen-bond donors (Lipinski definition) is 1. The lowest BCUT2D eigenvalue weighted by Gasteiger charge is -2.37. The number of rotatable bonds is 3. The maximum absolute atomic E-state index is 12.5. The fourth-order valence-corrected chi connectivity index (χ4v) is 4.08. The van der Waals surface area contributed by atoms with Gasteiger partial charge in [-0.15, -0.1) is 12.4 Å². The van der Waals surface area contributed by atoms with Crippen molar-refractivity contribution >= 4 is 24.3 Å². The Bertz CT molecular complexity index is 560. The van der Waals surface area contributed by atoms with Crippen molar-refractivity contribution in [1.29, 1.82) is 0 Å². The maximum atomic E-state index is 12.5. The van der Waals surface area contributed by atoms with Crippen LogP contribution in [0.25, 0.3) is 0 Å². The summed E-state index contributed by atoms with van der Waals surface area (Å²) in [5, 5.41) is 3.45. The lowest BCUT2D eigenvalue weighted by Crippen LogP contribution is -2.51. The van der Waals surface area contributed by atoms with Crippen molar-refractivity contribution in [1.82, 2.24) is 25.1 Å². The quantitative estimate of drug-likeness (QED) is 0.834. The minimum absolute atomic E-state index is 0. The van der Waals surface area contributed by atoms with E-state index >= 15 is 0 Å². The lowest BCUT2D eigenvalue weighted by molar-refractivity contribution is -0.132. The van der Waals surface area contributed by atoms with Crippen LogP contribution in [-0.2, 0) is 4.79 Å². The van der Waals surface area contributed by atoms with Crippen molar-refractivity contribution in [3.05, 3.63) is 18.5 Å². The summed E-state index contributed by atoms with van der Waals surface area (Å²) in [6.07, 6.45) is 6.85. The van der Waals surface area contributed by atoms with E-state index in [1.165, 1.54) is 0 Å². The Labute approximate surface area is 155 Å². The van der Waals surface area contributed by atoms with Crippen molar-refractivity contribution in [2.24, 2.45) is 0 Å². The van der Waals surface area contributed by atoms with Crippen molar-refractivity contribution in [2.75, 3.05) is 50.7 Å². The zero-order chi connectivity index (χ0) is 16.4. The summed E-state index contributed by atoms with van der Waals surface area (Å²) < 4.78 is 0. The van der Waals surface area contributed by atoms with Gasteiger partial charge in [0.15, 0.2) is 0 Å². The summed E-state index contributed by atoms with van der Waals surface area (Å²) in [7, 11) is 0. The second-order valence-corrected chi connectivity index (χ2v) is 6.95. The minimum Gasteiger partial charge on any atom is -0.341 e. The van der Waals surface area contributed by atoms with Crippen molar-refractivity contribution in [2.45, 2.75) is 31.3 Å². The highest BCUT2D eigenvalue weighted by molar-refractivity contribution is 5.85. The molecule has 3 aliphatic heterocycles. The lowest BCUT2D eigenvalue weighted by atomic mass is 10.1. The molecule has 138 valence electrons. The van der Waals surface area contributed by atoms with E-state index in [0.29, 0.717) is 11.9 Å². The molecular formula is C17H27ClN6O. The van der Waals surface area contributed by atoms with Gasteiger partial charge in [0.25, 0.3) is 0 Å². The Balaban J connectivity index is 0.00000182. The van der Waals surface area contributed by atoms with E-state index < -0.39 is 0 Å². The van der Waals surface area contributed by atoms with Gasteiger partial charge in [-0.2, -0.15) is 0 Å². The molecule has 1 amide bonds. The number of nitrogens with one attached hydrogen (secondary N) is 1. The number of likely N-dealkylation sites (tertiary alicyclic amines) is 1. The zero-order valence-electron chi connectivity index (χ0n) is 14.5. The van der Waals surface area contributed by atoms with Crippen LogP contribution >= 0.6 is 12.4 Å². The highest BCUT2D eigenvalue weighted by Crippen LogP contribution is 2.20. The number of aromatic nitrogens is 2. The highest BCUT2D eigenvalue weighted by Gasteiger charge is 2.36. The number of nitrogens with zero attached hydrogens (tertiary/aromatic N) is 5. The second-order valence-electron chi connectivity index (χ2n) is 6.95. The second kappa shape index (κ2) is 8.29. The summed E-state index contributed by atoms with van der Waals surface area (Å²) in [6.45, 7) is 6.72. The van der Waals surface area contributed by atoms with Gasteiger partial charge in [0, 0.05) is 64.2 Å². The number of piperazine rings is 1. The number of carbonyl (C=O) groups is 1. The van der Waals surface area contributed by atoms with E-state index in [9.17, 15) is 4.79 Å². The average Bonchev–Trinajstić information content (AvgIpc) is 3.34. The van der Waals surface area contributed by atoms with E-state index in [4.69, 9.17) is 0 Å². The van der Waals surface area contributed by atoms with Gasteiger partial charge in [-0.3, -0.25) is 9.69 Å². The van der Waals surface area contributed by atoms with Crippen LogP contribution in [-0.4, -0.2) is 83.6 Å². The fourth-order valence-electron chi connectivity index (χ4n) is 4.08. The maximum Gasteiger partial charge on any atom is 0.239 e. The molecule has 1 N–H and O–H groups in total. The van der Waals surface area contributed by atoms with Crippen molar-refractivity contribution in [3.8, 4) is 0 Å². The zero-order valence-corrected chi connectivity index (χ0v) is 15.3. The summed E-state index contributed by atoms with van der Waals surface area (Å²) in [4.78, 5) is 28.0. The Morgan fingerprint density at radius 3 is 2.40 bits per heavy atom. The van der Waals surface area contributed by atoms with Gasteiger partial charge in [-0.25, -0.2) is 9.97 Å². The predicted molar refractivity (Wildman–Crippen MR) is 99.1 cm³/mol. The molecule has 3 saturated heterocycles. The minimum atomic E-state index is 0. The summed E-state index contributed by atoms with van der Waals surface area (Å²) in [5.41, 5.74) is 0. The van der Waals surface area contributed by atoms with Gasteiger partial charge < -0.3 is 15.1 Å². The molecule has 2 atom stereocenters. The molecule has 4 heterocycles. The first kappa shape index (κ1) is 18.4. The smallest absolute Gasteiger partial charge is 0.239 e. The Hall–Kier alpha value is -1.44. The van der Waals surface area contributed by atoms with Crippen LogP contribution in [0, 0.1) is 0 Å². The van der Waals surface area contributed by atoms with E-state index in [-0.39, 0.29) is 18.4 Å². The van der Waals surface area contributed by atoms with Crippen LogP contribution < -0.4 is 10.2 Å². The first-order chi connectivity index (χ1) is 11.8. The van der Waals surface area contributed by atoms with Crippen molar-refractivity contribution < 1.29 is 4.79 Å². The number of carbonyl (C=O) groups excluding carboxylic acids is 1. The molecule has 0 unspecified atom stereocenters. The van der Waals surface area contributed by atoms with Crippen LogP contribution in [0.2, 0.25) is 0 Å². The summed E-state index contributed by atoms with van der Waals surface area (Å²) >= 11 is 0. The molecule has 3 aliphatic rings. The Morgan fingerprint density at radius 2 is 1.72 bits per heavy atom. The van der Waals surface area contributed by atoms with Gasteiger partial charge in [0.05, 0.1) is 6.04 Å². The SMILES string of the molecule is Cl.O=C([C@@H]1C[C@H](N2CCN(c3ncccn3)CC2)CN1)N1CCCC1. The van der Waals surface area contributed by atoms with Crippen LogP contribution in [0.3, 0.4) is 0 Å². The third-order valence-electron chi connectivity index (χ3n) is 5.49. The largest absolute Gasteiger partial charge is 0.341 e. The topological polar surface area (TPSA) is 64.6 Å². The molecular weight excluding hydrogens is 340 g/mol. The molecule has 0 aromatic carbocycles. The molecule has 0 spiro atoms. The van der Waals surface area contributed by atoms with Gasteiger partial charge in [-0.05, 0) is 25.3 Å². The number of hydrogen-bond acceptors (Lipinski definition) is 6. The number of amides is 1. The third-order valence-corrected chi connectivity index (χ3v) is 5.49. The van der Waals surface area contributed by atoms with Gasteiger partial charge in [0.2, 0.25) is 11.9 Å². The number of halogens is 1. The molecule has 25 heavy (non-hydrogen) atoms. The molecule has 1 aromatic heterocycles. The molecule has 0 aliphatic carbocycles. The molecule has 8 heteroatoms. The average molecular weight is 367 g/mol. The first-order valence-corrected chi connectivity index (χ1v) is 9.09. The first-order valence-electron chi connectivity index (χ1n) is 9.09. The Kier molecular flexibility index (Phi) is 6.09.